The molecule has 0 spiro atoms. The highest BCUT2D eigenvalue weighted by atomic mass is 35.5. The van der Waals surface area contributed by atoms with Gasteiger partial charge in [-0.15, -0.1) is 0 Å². The highest BCUT2D eigenvalue weighted by molar-refractivity contribution is 6.35. The number of nitrogens with zero attached hydrogens (tertiary/aromatic N) is 2. The smallest absolute Gasteiger partial charge is 0.309 e. The Morgan fingerprint density at radius 2 is 2.30 bits per heavy atom. The molecule has 0 aliphatic carbocycles. The number of aryl methyl sites for hydroxylation is 1. The summed E-state index contributed by atoms with van der Waals surface area (Å²) in [4.78, 5) is 18.0. The number of methoxy groups -OCH3 is 1. The molecule has 1 aliphatic heterocycles. The van der Waals surface area contributed by atoms with Gasteiger partial charge in [0, 0.05) is 29.4 Å². The van der Waals surface area contributed by atoms with E-state index in [2.05, 4.69) is 9.88 Å². The lowest BCUT2D eigenvalue weighted by Gasteiger charge is -2.31. The van der Waals surface area contributed by atoms with Crippen LogP contribution in [-0.4, -0.2) is 36.1 Å². The van der Waals surface area contributed by atoms with E-state index in [0.717, 1.165) is 30.6 Å². The third kappa shape index (κ3) is 3.62. The van der Waals surface area contributed by atoms with Crippen molar-refractivity contribution in [3.63, 3.8) is 0 Å². The predicted molar refractivity (Wildman–Crippen MR) is 79.0 cm³/mol. The molecule has 0 N–H and O–H groups in total. The number of esters is 1. The maximum atomic E-state index is 11.6. The number of aromatic nitrogens is 1. The van der Waals surface area contributed by atoms with E-state index in [9.17, 15) is 4.79 Å². The first-order valence-corrected chi connectivity index (χ1v) is 7.38. The molecule has 2 rings (SSSR count). The Balaban J connectivity index is 2.08. The molecule has 1 aliphatic rings. The van der Waals surface area contributed by atoms with Gasteiger partial charge in [-0.05, 0) is 32.4 Å². The summed E-state index contributed by atoms with van der Waals surface area (Å²) in [5.74, 6) is -0.210. The van der Waals surface area contributed by atoms with Crippen LogP contribution in [-0.2, 0) is 16.1 Å². The number of hydrogen-bond donors (Lipinski definition) is 0. The minimum atomic E-state index is -0.145. The lowest BCUT2D eigenvalue weighted by Crippen LogP contribution is -2.38. The summed E-state index contributed by atoms with van der Waals surface area (Å²) < 4.78 is 4.82. The summed E-state index contributed by atoms with van der Waals surface area (Å²) >= 11 is 12.4. The number of hydrogen-bond acceptors (Lipinski definition) is 4. The molecule has 0 amide bonds. The summed E-state index contributed by atoms with van der Waals surface area (Å²) in [6.07, 6.45) is 1.84. The second-order valence-corrected chi connectivity index (χ2v) is 5.88. The van der Waals surface area contributed by atoms with Gasteiger partial charge in [-0.1, -0.05) is 23.2 Å². The van der Waals surface area contributed by atoms with Crippen molar-refractivity contribution in [1.82, 2.24) is 9.88 Å². The van der Waals surface area contributed by atoms with Crippen molar-refractivity contribution in [3.05, 3.63) is 27.5 Å². The summed E-state index contributed by atoms with van der Waals surface area (Å²) in [5, 5.41) is 1.07. The number of rotatable bonds is 3. The molecule has 6 heteroatoms. The van der Waals surface area contributed by atoms with E-state index in [1.165, 1.54) is 7.11 Å². The number of piperidine rings is 1. The average molecular weight is 317 g/mol. The molecule has 1 fully saturated rings. The first-order valence-electron chi connectivity index (χ1n) is 6.63. The van der Waals surface area contributed by atoms with Crippen LogP contribution in [0.3, 0.4) is 0 Å². The van der Waals surface area contributed by atoms with E-state index in [1.807, 2.05) is 13.0 Å². The fourth-order valence-corrected chi connectivity index (χ4v) is 3.20. The van der Waals surface area contributed by atoms with Gasteiger partial charge in [0.2, 0.25) is 0 Å². The lowest BCUT2D eigenvalue weighted by molar-refractivity contribution is -0.147. The van der Waals surface area contributed by atoms with Crippen LogP contribution in [0.15, 0.2) is 6.07 Å². The van der Waals surface area contributed by atoms with Crippen LogP contribution in [0.2, 0.25) is 10.2 Å². The monoisotopic (exact) mass is 316 g/mol. The van der Waals surface area contributed by atoms with E-state index in [1.54, 1.807) is 0 Å². The van der Waals surface area contributed by atoms with Crippen molar-refractivity contribution >= 4 is 29.2 Å². The van der Waals surface area contributed by atoms with Gasteiger partial charge in [0.1, 0.15) is 5.15 Å². The molecule has 0 radical (unpaired) electrons. The zero-order chi connectivity index (χ0) is 14.7. The molecular formula is C14H18Cl2N2O2. The lowest BCUT2D eigenvalue weighted by atomic mass is 9.98. The van der Waals surface area contributed by atoms with Gasteiger partial charge in [-0.3, -0.25) is 9.69 Å². The number of pyridine rings is 1. The molecule has 20 heavy (non-hydrogen) atoms. The van der Waals surface area contributed by atoms with Crippen molar-refractivity contribution in [2.24, 2.45) is 5.92 Å². The molecule has 1 aromatic heterocycles. The van der Waals surface area contributed by atoms with E-state index in [-0.39, 0.29) is 11.9 Å². The van der Waals surface area contributed by atoms with Gasteiger partial charge < -0.3 is 4.74 Å². The normalized spacial score (nSPS) is 19.9. The molecule has 110 valence electrons. The molecule has 2 heterocycles. The minimum Gasteiger partial charge on any atom is -0.469 e. The highest BCUT2D eigenvalue weighted by Gasteiger charge is 2.27. The van der Waals surface area contributed by atoms with E-state index >= 15 is 0 Å². The molecular weight excluding hydrogens is 299 g/mol. The summed E-state index contributed by atoms with van der Waals surface area (Å²) in [6, 6.07) is 1.81. The van der Waals surface area contributed by atoms with Crippen molar-refractivity contribution in [1.29, 1.82) is 0 Å². The Labute approximate surface area is 129 Å². The first kappa shape index (κ1) is 15.5. The van der Waals surface area contributed by atoms with Crippen LogP contribution in [0.25, 0.3) is 0 Å². The topological polar surface area (TPSA) is 42.4 Å². The molecule has 1 saturated heterocycles. The molecule has 1 atom stereocenters. The highest BCUT2D eigenvalue weighted by Crippen LogP contribution is 2.27. The fraction of sp³-hybridized carbons (Fsp3) is 0.571. The average Bonchev–Trinajstić information content (AvgIpc) is 2.42. The zero-order valence-electron chi connectivity index (χ0n) is 11.7. The summed E-state index contributed by atoms with van der Waals surface area (Å²) in [6.45, 7) is 4.06. The second-order valence-electron chi connectivity index (χ2n) is 5.11. The van der Waals surface area contributed by atoms with Gasteiger partial charge in [0.05, 0.1) is 13.0 Å². The summed E-state index contributed by atoms with van der Waals surface area (Å²) in [5.41, 5.74) is 1.62. The Morgan fingerprint density at radius 3 is 2.95 bits per heavy atom. The minimum absolute atomic E-state index is 0.0651. The first-order chi connectivity index (χ1) is 9.51. The van der Waals surface area contributed by atoms with Gasteiger partial charge in [-0.25, -0.2) is 4.98 Å². The maximum absolute atomic E-state index is 11.6. The fourth-order valence-electron chi connectivity index (χ4n) is 2.55. The van der Waals surface area contributed by atoms with Crippen molar-refractivity contribution in [2.75, 3.05) is 20.2 Å². The van der Waals surface area contributed by atoms with Crippen LogP contribution < -0.4 is 0 Å². The van der Waals surface area contributed by atoms with E-state index < -0.39 is 0 Å². The number of likely N-dealkylation sites (tertiary alicyclic amines) is 1. The molecule has 1 unspecified atom stereocenters. The number of halogens is 2. The predicted octanol–water partition coefficient (Wildman–Crippen LogP) is 3.08. The molecule has 0 saturated carbocycles. The van der Waals surface area contributed by atoms with E-state index in [0.29, 0.717) is 23.3 Å². The Bertz CT molecular complexity index is 485. The quantitative estimate of drug-likeness (QED) is 0.635. The Hall–Kier alpha value is -0.840. The molecule has 0 aromatic carbocycles. The Kier molecular flexibility index (Phi) is 5.24. The van der Waals surface area contributed by atoms with Crippen molar-refractivity contribution in [3.8, 4) is 0 Å². The van der Waals surface area contributed by atoms with Gasteiger partial charge in [0.15, 0.2) is 0 Å². The maximum Gasteiger partial charge on any atom is 0.309 e. The second kappa shape index (κ2) is 6.74. The number of carbonyl (C=O) groups excluding carboxylic acids is 1. The van der Waals surface area contributed by atoms with Crippen LogP contribution in [0, 0.1) is 12.8 Å². The summed E-state index contributed by atoms with van der Waals surface area (Å²) in [7, 11) is 1.43. The van der Waals surface area contributed by atoms with E-state index in [4.69, 9.17) is 27.9 Å². The number of carbonyl (C=O) groups is 1. The largest absolute Gasteiger partial charge is 0.469 e. The number of ether oxygens (including phenoxy) is 1. The molecule has 1 aromatic rings. The van der Waals surface area contributed by atoms with Crippen molar-refractivity contribution in [2.45, 2.75) is 26.3 Å². The van der Waals surface area contributed by atoms with Crippen LogP contribution >= 0.6 is 23.2 Å². The van der Waals surface area contributed by atoms with Gasteiger partial charge in [-0.2, -0.15) is 0 Å². The third-order valence-electron chi connectivity index (χ3n) is 3.57. The van der Waals surface area contributed by atoms with Gasteiger partial charge in [0.25, 0.3) is 0 Å². The van der Waals surface area contributed by atoms with Crippen LogP contribution in [0.5, 0.6) is 0 Å². The third-order valence-corrected chi connectivity index (χ3v) is 4.22. The van der Waals surface area contributed by atoms with Gasteiger partial charge >= 0.3 is 5.97 Å². The zero-order valence-corrected chi connectivity index (χ0v) is 13.2. The molecule has 0 bridgehead atoms. The van der Waals surface area contributed by atoms with Crippen LogP contribution in [0.1, 0.15) is 24.1 Å². The molecule has 4 nitrogen and oxygen atoms in total. The Morgan fingerprint density at radius 1 is 1.55 bits per heavy atom. The SMILES string of the molecule is COC(=O)C1CCCN(Cc2c(Cl)cc(C)nc2Cl)C1. The van der Waals surface area contributed by atoms with Crippen LogP contribution in [0.4, 0.5) is 0 Å². The standard InChI is InChI=1S/C14H18Cl2N2O2/c1-9-6-12(15)11(13(16)17-9)8-18-5-3-4-10(7-18)14(19)20-2/h6,10H,3-5,7-8H2,1-2H3. The van der Waals surface area contributed by atoms with Crippen molar-refractivity contribution < 1.29 is 9.53 Å².